The molecular formula is C14H15F2N3O3. The summed E-state index contributed by atoms with van der Waals surface area (Å²) >= 11 is 0. The van der Waals surface area contributed by atoms with Gasteiger partial charge in [-0.05, 0) is 30.4 Å². The highest BCUT2D eigenvalue weighted by molar-refractivity contribution is 5.84. The van der Waals surface area contributed by atoms with Crippen LogP contribution in [0, 0.1) is 10.1 Å². The lowest BCUT2D eigenvalue weighted by atomic mass is 9.73. The van der Waals surface area contributed by atoms with Crippen molar-refractivity contribution in [3.63, 3.8) is 0 Å². The van der Waals surface area contributed by atoms with Crippen molar-refractivity contribution in [3.05, 3.63) is 45.5 Å². The first-order valence-electron chi connectivity index (χ1n) is 6.94. The number of nitro groups is 1. The summed E-state index contributed by atoms with van der Waals surface area (Å²) in [7, 11) is 0. The predicted octanol–water partition coefficient (Wildman–Crippen LogP) is 1.84. The number of rotatable bonds is 1. The molecule has 2 N–H and O–H groups in total. The fourth-order valence-electron chi connectivity index (χ4n) is 3.22. The first-order valence-corrected chi connectivity index (χ1v) is 6.94. The summed E-state index contributed by atoms with van der Waals surface area (Å²) < 4.78 is 34.3. The number of benzene rings is 1. The molecule has 6 nitrogen and oxygen atoms in total. The van der Waals surface area contributed by atoms with E-state index in [-0.39, 0.29) is 6.42 Å². The summed E-state index contributed by atoms with van der Waals surface area (Å²) in [5, 5.41) is 10.9. The van der Waals surface area contributed by atoms with E-state index in [1.165, 1.54) is 0 Å². The second-order valence-corrected chi connectivity index (χ2v) is 5.56. The lowest BCUT2D eigenvalue weighted by molar-refractivity contribution is -0.555. The number of nitrogens with two attached hydrogens (primary N) is 1. The zero-order valence-electron chi connectivity index (χ0n) is 11.7. The van der Waals surface area contributed by atoms with Gasteiger partial charge < -0.3 is 10.5 Å². The summed E-state index contributed by atoms with van der Waals surface area (Å²) in [5.41, 5.74) is 4.87. The van der Waals surface area contributed by atoms with Gasteiger partial charge in [-0.2, -0.15) is 0 Å². The number of hydrogen-bond acceptors (Lipinski definition) is 5. The number of halogens is 2. The number of hydrogen-bond donors (Lipinski definition) is 1. The van der Waals surface area contributed by atoms with Crippen molar-refractivity contribution in [1.82, 2.24) is 0 Å². The number of alkyl halides is 2. The minimum absolute atomic E-state index is 0.0749. The molecule has 0 radical (unpaired) electrons. The molecule has 2 aliphatic rings. The third-order valence-corrected chi connectivity index (χ3v) is 4.24. The molecule has 1 unspecified atom stereocenters. The first-order chi connectivity index (χ1) is 10.4. The van der Waals surface area contributed by atoms with Crippen molar-refractivity contribution in [2.24, 2.45) is 10.7 Å². The van der Waals surface area contributed by atoms with Gasteiger partial charge in [-0.15, -0.1) is 0 Å². The summed E-state index contributed by atoms with van der Waals surface area (Å²) in [6, 6.07) is 6.79. The molecular weight excluding hydrogens is 296 g/mol. The van der Waals surface area contributed by atoms with Crippen LogP contribution in [-0.2, 0) is 16.7 Å². The molecule has 0 aromatic heterocycles. The summed E-state index contributed by atoms with van der Waals surface area (Å²) in [4.78, 5) is 14.0. The van der Waals surface area contributed by atoms with Crippen LogP contribution in [-0.4, -0.2) is 29.5 Å². The van der Waals surface area contributed by atoms with E-state index >= 15 is 0 Å². The van der Waals surface area contributed by atoms with Crippen LogP contribution in [0.25, 0.3) is 0 Å². The molecule has 1 spiro atoms. The van der Waals surface area contributed by atoms with Gasteiger partial charge in [0, 0.05) is 0 Å². The minimum Gasteiger partial charge on any atom is -0.379 e. The van der Waals surface area contributed by atoms with Crippen molar-refractivity contribution < 1.29 is 18.4 Å². The highest BCUT2D eigenvalue weighted by Crippen LogP contribution is 2.50. The zero-order valence-corrected chi connectivity index (χ0v) is 11.7. The van der Waals surface area contributed by atoms with Gasteiger partial charge in [0.1, 0.15) is 6.61 Å². The van der Waals surface area contributed by atoms with Crippen LogP contribution in [0.15, 0.2) is 29.3 Å². The fourth-order valence-corrected chi connectivity index (χ4v) is 3.22. The van der Waals surface area contributed by atoms with E-state index in [4.69, 9.17) is 10.5 Å². The normalized spacial score (nSPS) is 30.3. The molecule has 0 saturated heterocycles. The zero-order chi connectivity index (χ0) is 16.0. The molecule has 1 aromatic rings. The van der Waals surface area contributed by atoms with E-state index in [0.29, 0.717) is 18.4 Å². The Morgan fingerprint density at radius 1 is 1.41 bits per heavy atom. The fraction of sp³-hybridized carbons (Fsp3) is 0.500. The molecule has 1 aromatic carbocycles. The molecule has 3 rings (SSSR count). The Morgan fingerprint density at radius 3 is 2.86 bits per heavy atom. The van der Waals surface area contributed by atoms with Gasteiger partial charge in [0.25, 0.3) is 5.92 Å². The number of nitrogens with zero attached hydrogens (tertiary/aromatic N) is 2. The monoisotopic (exact) mass is 311 g/mol. The van der Waals surface area contributed by atoms with Gasteiger partial charge in [-0.25, -0.2) is 13.8 Å². The van der Waals surface area contributed by atoms with E-state index in [9.17, 15) is 18.9 Å². The molecule has 1 aliphatic carbocycles. The Balaban J connectivity index is 2.20. The van der Waals surface area contributed by atoms with Crippen LogP contribution < -0.4 is 5.73 Å². The third kappa shape index (κ3) is 2.06. The van der Waals surface area contributed by atoms with Crippen LogP contribution in [0.1, 0.15) is 24.0 Å². The maximum Gasteiger partial charge on any atom is 0.373 e. The molecule has 0 fully saturated rings. The molecule has 0 saturated carbocycles. The highest BCUT2D eigenvalue weighted by atomic mass is 19.3. The van der Waals surface area contributed by atoms with E-state index in [0.717, 1.165) is 5.56 Å². The Morgan fingerprint density at radius 2 is 2.14 bits per heavy atom. The van der Waals surface area contributed by atoms with Gasteiger partial charge >= 0.3 is 6.23 Å². The second kappa shape index (κ2) is 4.98. The van der Waals surface area contributed by atoms with Crippen molar-refractivity contribution in [3.8, 4) is 0 Å². The number of aliphatic imine (C=N–C) groups is 1. The Labute approximate surface area is 125 Å². The second-order valence-electron chi connectivity index (χ2n) is 5.56. The quantitative estimate of drug-likeness (QED) is 0.633. The smallest absolute Gasteiger partial charge is 0.373 e. The SMILES string of the molecule is NC1=NC2(CCCc3ccccc32)C(F)(F)CO[C@H]1[N+](=O)[O-]. The van der Waals surface area contributed by atoms with E-state index < -0.39 is 35.1 Å². The summed E-state index contributed by atoms with van der Waals surface area (Å²) in [6.45, 7) is -1.09. The van der Waals surface area contributed by atoms with E-state index in [1.54, 1.807) is 24.3 Å². The molecule has 2 atom stereocenters. The maximum atomic E-state index is 14.8. The molecule has 0 bridgehead atoms. The lowest BCUT2D eigenvalue weighted by Gasteiger charge is -2.40. The van der Waals surface area contributed by atoms with Gasteiger partial charge in [0.2, 0.25) is 5.84 Å². The number of aryl methyl sites for hydroxylation is 1. The van der Waals surface area contributed by atoms with Gasteiger partial charge in [0.15, 0.2) is 5.54 Å². The van der Waals surface area contributed by atoms with Crippen LogP contribution in [0.2, 0.25) is 0 Å². The molecule has 22 heavy (non-hydrogen) atoms. The molecule has 0 amide bonds. The highest BCUT2D eigenvalue weighted by Gasteiger charge is 2.59. The molecule has 8 heteroatoms. The molecule has 1 aliphatic heterocycles. The van der Waals surface area contributed by atoms with Crippen molar-refractivity contribution in [1.29, 1.82) is 0 Å². The van der Waals surface area contributed by atoms with Gasteiger partial charge in [-0.1, -0.05) is 24.3 Å². The summed E-state index contributed by atoms with van der Waals surface area (Å²) in [5.74, 6) is -3.89. The van der Waals surface area contributed by atoms with Crippen molar-refractivity contribution in [2.45, 2.75) is 37.0 Å². The maximum absolute atomic E-state index is 14.8. The standard InChI is InChI=1S/C14H15F2N3O3/c15-14(16)8-22-12(19(20)21)11(17)18-13(14)7-3-5-9-4-1-2-6-10(9)13/h1-2,4,6,12H,3,5,7-8H2,(H2,17,18)/t12-,13?/m1/s1. The van der Waals surface area contributed by atoms with Gasteiger partial charge in [0.05, 0.1) is 4.92 Å². The minimum atomic E-state index is -3.38. The Kier molecular flexibility index (Phi) is 3.36. The van der Waals surface area contributed by atoms with Crippen molar-refractivity contribution in [2.75, 3.05) is 6.61 Å². The van der Waals surface area contributed by atoms with Gasteiger partial charge in [-0.3, -0.25) is 10.1 Å². The predicted molar refractivity (Wildman–Crippen MR) is 74.4 cm³/mol. The first kappa shape index (κ1) is 14.8. The van der Waals surface area contributed by atoms with Crippen LogP contribution in [0.4, 0.5) is 8.78 Å². The number of fused-ring (bicyclic) bond motifs is 2. The van der Waals surface area contributed by atoms with Crippen LogP contribution >= 0.6 is 0 Å². The molecule has 1 heterocycles. The summed E-state index contributed by atoms with van der Waals surface area (Å²) in [6.07, 6.45) is -0.583. The molecule has 118 valence electrons. The van der Waals surface area contributed by atoms with E-state index in [1.807, 2.05) is 0 Å². The number of ether oxygens (including phenoxy) is 1. The van der Waals surface area contributed by atoms with E-state index in [2.05, 4.69) is 4.99 Å². The average Bonchev–Trinajstić information content (AvgIpc) is 2.55. The third-order valence-electron chi connectivity index (χ3n) is 4.24. The van der Waals surface area contributed by atoms with Crippen molar-refractivity contribution >= 4 is 5.84 Å². The Hall–Kier alpha value is -2.09. The van der Waals surface area contributed by atoms with Crippen LogP contribution in [0.3, 0.4) is 0 Å². The Bertz CT molecular complexity index is 650. The average molecular weight is 311 g/mol. The topological polar surface area (TPSA) is 90.8 Å². The number of amidine groups is 1. The lowest BCUT2D eigenvalue weighted by Crippen LogP contribution is -2.48. The largest absolute Gasteiger partial charge is 0.379 e. The van der Waals surface area contributed by atoms with Crippen LogP contribution in [0.5, 0.6) is 0 Å².